The Morgan fingerprint density at radius 2 is 2.11 bits per heavy atom. The number of hydrogen-bond donors (Lipinski definition) is 1. The molecule has 0 radical (unpaired) electrons. The maximum absolute atomic E-state index is 6.32. The molecular weight excluding hydrogens is 374 g/mol. The van der Waals surface area contributed by atoms with Crippen LogP contribution in [0.4, 0.5) is 5.82 Å². The molecule has 0 amide bonds. The lowest BCUT2D eigenvalue weighted by molar-refractivity contribution is 1.06. The molecule has 27 heavy (non-hydrogen) atoms. The fraction of sp³-hybridized carbons (Fsp3) is 0.136. The summed E-state index contributed by atoms with van der Waals surface area (Å²) in [5, 5.41) is 6.27. The Kier molecular flexibility index (Phi) is 4.89. The molecule has 0 fully saturated rings. The molecule has 3 nitrogen and oxygen atoms in total. The second kappa shape index (κ2) is 7.48. The number of benzene rings is 1. The van der Waals surface area contributed by atoms with Crippen LogP contribution in [0.3, 0.4) is 0 Å². The lowest BCUT2D eigenvalue weighted by atomic mass is 10.2. The second-order valence-electron chi connectivity index (χ2n) is 6.18. The first-order valence-electron chi connectivity index (χ1n) is 8.74. The zero-order chi connectivity index (χ0) is 18.8. The van der Waals surface area contributed by atoms with Gasteiger partial charge in [0.15, 0.2) is 0 Å². The summed E-state index contributed by atoms with van der Waals surface area (Å²) in [5.41, 5.74) is 4.93. The number of thiophene rings is 1. The largest absolute Gasteiger partial charge is 0.365 e. The highest BCUT2D eigenvalue weighted by Gasteiger charge is 2.18. The number of nitrogens with one attached hydrogen (secondary N) is 1. The van der Waals surface area contributed by atoms with Crippen LogP contribution in [-0.2, 0) is 13.0 Å². The zero-order valence-corrected chi connectivity index (χ0v) is 16.4. The minimum Gasteiger partial charge on any atom is -0.365 e. The van der Waals surface area contributed by atoms with E-state index in [-0.39, 0.29) is 0 Å². The predicted molar refractivity (Wildman–Crippen MR) is 115 cm³/mol. The minimum absolute atomic E-state index is 0.604. The average molecular weight is 392 g/mol. The van der Waals surface area contributed by atoms with E-state index in [1.54, 1.807) is 11.3 Å². The van der Waals surface area contributed by atoms with Crippen LogP contribution in [0.1, 0.15) is 23.6 Å². The average Bonchev–Trinajstić information content (AvgIpc) is 3.30. The fourth-order valence-corrected chi connectivity index (χ4v) is 4.11. The third-order valence-electron chi connectivity index (χ3n) is 4.54. The van der Waals surface area contributed by atoms with Gasteiger partial charge in [0.2, 0.25) is 0 Å². The SMILES string of the molecule is C#Cc1ccsc1-c1nc2cc(CC)ccn2c1NCc1ccccc1Cl. The number of anilines is 1. The number of hydrogen-bond acceptors (Lipinski definition) is 3. The highest BCUT2D eigenvalue weighted by molar-refractivity contribution is 7.13. The van der Waals surface area contributed by atoms with Gasteiger partial charge in [-0.15, -0.1) is 17.8 Å². The van der Waals surface area contributed by atoms with Crippen molar-refractivity contribution in [2.24, 2.45) is 0 Å². The molecule has 5 heteroatoms. The summed E-state index contributed by atoms with van der Waals surface area (Å²) in [6.45, 7) is 2.74. The zero-order valence-electron chi connectivity index (χ0n) is 14.9. The van der Waals surface area contributed by atoms with Crippen LogP contribution in [0.2, 0.25) is 5.02 Å². The maximum atomic E-state index is 6.32. The van der Waals surface area contributed by atoms with Crippen LogP contribution >= 0.6 is 22.9 Å². The lowest BCUT2D eigenvalue weighted by Crippen LogP contribution is -2.04. The van der Waals surface area contributed by atoms with E-state index in [0.717, 1.165) is 44.6 Å². The van der Waals surface area contributed by atoms with Crippen LogP contribution in [0.15, 0.2) is 54.0 Å². The normalized spacial score (nSPS) is 10.9. The molecule has 0 aliphatic rings. The molecule has 0 saturated heterocycles. The van der Waals surface area contributed by atoms with E-state index < -0.39 is 0 Å². The molecule has 4 rings (SSSR count). The van der Waals surface area contributed by atoms with Crippen molar-refractivity contribution in [3.8, 4) is 22.9 Å². The summed E-state index contributed by atoms with van der Waals surface area (Å²) in [4.78, 5) is 5.89. The van der Waals surface area contributed by atoms with E-state index in [0.29, 0.717) is 6.54 Å². The Morgan fingerprint density at radius 3 is 2.89 bits per heavy atom. The van der Waals surface area contributed by atoms with Gasteiger partial charge in [-0.05, 0) is 47.2 Å². The smallest absolute Gasteiger partial charge is 0.140 e. The number of halogens is 1. The number of pyridine rings is 1. The van der Waals surface area contributed by atoms with Crippen LogP contribution < -0.4 is 5.32 Å². The molecule has 1 N–H and O–H groups in total. The third kappa shape index (κ3) is 3.32. The monoisotopic (exact) mass is 391 g/mol. The molecule has 0 bridgehead atoms. The number of fused-ring (bicyclic) bond motifs is 1. The Labute approximate surface area is 167 Å². The van der Waals surface area contributed by atoms with Gasteiger partial charge in [0.1, 0.15) is 17.2 Å². The van der Waals surface area contributed by atoms with E-state index in [1.807, 2.05) is 35.7 Å². The molecule has 1 aromatic carbocycles. The molecule has 0 aliphatic heterocycles. The van der Waals surface area contributed by atoms with Crippen molar-refractivity contribution in [1.82, 2.24) is 9.38 Å². The highest BCUT2D eigenvalue weighted by atomic mass is 35.5. The van der Waals surface area contributed by atoms with Gasteiger partial charge in [-0.25, -0.2) is 4.98 Å². The van der Waals surface area contributed by atoms with E-state index >= 15 is 0 Å². The van der Waals surface area contributed by atoms with Crippen LogP contribution in [0.25, 0.3) is 16.2 Å². The molecule has 4 aromatic rings. The number of rotatable bonds is 5. The first kappa shape index (κ1) is 17.7. The molecule has 0 atom stereocenters. The topological polar surface area (TPSA) is 29.3 Å². The number of aromatic nitrogens is 2. The summed E-state index contributed by atoms with van der Waals surface area (Å²) < 4.78 is 2.07. The number of nitrogens with zero attached hydrogens (tertiary/aromatic N) is 2. The summed E-state index contributed by atoms with van der Waals surface area (Å²) in [7, 11) is 0. The molecule has 0 aliphatic carbocycles. The molecule has 134 valence electrons. The summed E-state index contributed by atoms with van der Waals surface area (Å²) in [5.74, 6) is 3.69. The first-order chi connectivity index (χ1) is 13.2. The van der Waals surface area contributed by atoms with E-state index in [4.69, 9.17) is 23.0 Å². The van der Waals surface area contributed by atoms with Crippen molar-refractivity contribution in [2.75, 3.05) is 5.32 Å². The summed E-state index contributed by atoms with van der Waals surface area (Å²) >= 11 is 7.93. The van der Waals surface area contributed by atoms with Gasteiger partial charge in [-0.1, -0.05) is 42.6 Å². The van der Waals surface area contributed by atoms with Crippen molar-refractivity contribution in [2.45, 2.75) is 19.9 Å². The van der Waals surface area contributed by atoms with E-state index in [2.05, 4.69) is 40.9 Å². The molecule has 0 spiro atoms. The number of terminal acetylenes is 1. The molecule has 0 unspecified atom stereocenters. The van der Waals surface area contributed by atoms with Crippen molar-refractivity contribution in [3.05, 3.63) is 75.8 Å². The van der Waals surface area contributed by atoms with Crippen molar-refractivity contribution in [3.63, 3.8) is 0 Å². The predicted octanol–water partition coefficient (Wildman–Crippen LogP) is 5.87. The van der Waals surface area contributed by atoms with Crippen LogP contribution in [0, 0.1) is 12.3 Å². The Morgan fingerprint density at radius 1 is 1.26 bits per heavy atom. The van der Waals surface area contributed by atoms with Crippen LogP contribution in [0.5, 0.6) is 0 Å². The number of imidazole rings is 1. The van der Waals surface area contributed by atoms with Crippen molar-refractivity contribution in [1.29, 1.82) is 0 Å². The first-order valence-corrected chi connectivity index (χ1v) is 9.99. The Balaban J connectivity index is 1.82. The Hall–Kier alpha value is -2.74. The Bertz CT molecular complexity index is 1150. The van der Waals surface area contributed by atoms with E-state index in [9.17, 15) is 0 Å². The van der Waals surface area contributed by atoms with Crippen LogP contribution in [-0.4, -0.2) is 9.38 Å². The van der Waals surface area contributed by atoms with Gasteiger partial charge in [0, 0.05) is 23.3 Å². The molecule has 3 heterocycles. The maximum Gasteiger partial charge on any atom is 0.140 e. The molecule has 0 saturated carbocycles. The van der Waals surface area contributed by atoms with Gasteiger partial charge >= 0.3 is 0 Å². The standard InChI is InChI=1S/C22H18ClN3S/c1-3-15-9-11-26-19(13-15)25-20(21-16(4-2)10-12-27-21)22(26)24-14-17-7-5-6-8-18(17)23/h2,5-13,24H,3,14H2,1H3. The van der Waals surface area contributed by atoms with Gasteiger partial charge in [-0.2, -0.15) is 0 Å². The minimum atomic E-state index is 0.604. The lowest BCUT2D eigenvalue weighted by Gasteiger charge is -2.10. The van der Waals surface area contributed by atoms with E-state index in [1.165, 1.54) is 5.56 Å². The molecule has 3 aromatic heterocycles. The summed E-state index contributed by atoms with van der Waals surface area (Å²) in [6.07, 6.45) is 8.72. The highest BCUT2D eigenvalue weighted by Crippen LogP contribution is 2.35. The third-order valence-corrected chi connectivity index (χ3v) is 5.83. The second-order valence-corrected chi connectivity index (χ2v) is 7.50. The van der Waals surface area contributed by atoms with Gasteiger partial charge < -0.3 is 5.32 Å². The fourth-order valence-electron chi connectivity index (χ4n) is 3.06. The van der Waals surface area contributed by atoms with Crippen molar-refractivity contribution < 1.29 is 0 Å². The van der Waals surface area contributed by atoms with Gasteiger partial charge in [0.05, 0.1) is 4.88 Å². The quantitative estimate of drug-likeness (QED) is 0.431. The van der Waals surface area contributed by atoms with Gasteiger partial charge in [0.25, 0.3) is 0 Å². The summed E-state index contributed by atoms with van der Waals surface area (Å²) in [6, 6.07) is 14.0. The molecular formula is C22H18ClN3S. The number of aryl methyl sites for hydroxylation is 1. The van der Waals surface area contributed by atoms with Crippen molar-refractivity contribution >= 4 is 34.4 Å². The van der Waals surface area contributed by atoms with Gasteiger partial charge in [-0.3, -0.25) is 4.40 Å².